The van der Waals surface area contributed by atoms with Crippen molar-refractivity contribution in [3.8, 4) is 5.69 Å². The lowest BCUT2D eigenvalue weighted by Gasteiger charge is -2.34. The van der Waals surface area contributed by atoms with Crippen LogP contribution in [-0.4, -0.2) is 101 Å². The van der Waals surface area contributed by atoms with E-state index in [-0.39, 0.29) is 17.9 Å². The number of ether oxygens (including phenoxy) is 1. The number of carbonyl (C=O) groups is 2. The number of nitrogens with zero attached hydrogens (tertiary/aromatic N) is 5. The molecule has 0 saturated carbocycles. The van der Waals surface area contributed by atoms with Crippen molar-refractivity contribution in [3.05, 3.63) is 47.3 Å². The maximum atomic E-state index is 13.4. The highest BCUT2D eigenvalue weighted by Crippen LogP contribution is 2.32. The average molecular weight is 511 g/mol. The number of likely N-dealkylation sites (N-methyl/N-ethyl adjacent to an activating group) is 1. The molecule has 2 aromatic rings. The van der Waals surface area contributed by atoms with E-state index in [2.05, 4.69) is 46.3 Å². The van der Waals surface area contributed by atoms with Gasteiger partial charge in [-0.1, -0.05) is 17.7 Å². The minimum Gasteiger partial charge on any atom is -0.444 e. The second-order valence-corrected chi connectivity index (χ2v) is 11.3. The summed E-state index contributed by atoms with van der Waals surface area (Å²) in [6.07, 6.45) is 2.91. The minimum absolute atomic E-state index is 0.0861. The third-order valence-electron chi connectivity index (χ3n) is 7.17. The average Bonchev–Trinajstić information content (AvgIpc) is 3.30. The van der Waals surface area contributed by atoms with Crippen LogP contribution >= 0.6 is 0 Å². The summed E-state index contributed by atoms with van der Waals surface area (Å²) in [6, 6.07) is 8.19. The first kappa shape index (κ1) is 27.1. The maximum Gasteiger partial charge on any atom is 0.410 e. The number of piperazine rings is 1. The highest BCUT2D eigenvalue weighted by atomic mass is 16.6. The lowest BCUT2D eigenvalue weighted by molar-refractivity contribution is 0.0203. The van der Waals surface area contributed by atoms with Crippen LogP contribution in [0.4, 0.5) is 4.79 Å². The van der Waals surface area contributed by atoms with E-state index < -0.39 is 5.60 Å². The van der Waals surface area contributed by atoms with Crippen LogP contribution in [0.25, 0.3) is 5.69 Å². The second-order valence-electron chi connectivity index (χ2n) is 11.3. The molecule has 0 unspecified atom stereocenters. The molecule has 37 heavy (non-hydrogen) atoms. The van der Waals surface area contributed by atoms with Crippen molar-refractivity contribution in [2.45, 2.75) is 52.1 Å². The van der Waals surface area contributed by atoms with Crippen molar-refractivity contribution in [1.82, 2.24) is 29.8 Å². The normalized spacial score (nSPS) is 18.1. The zero-order valence-electron chi connectivity index (χ0n) is 23.0. The molecule has 2 aliphatic heterocycles. The Morgan fingerprint density at radius 3 is 2.30 bits per heavy atom. The molecule has 1 aromatic carbocycles. The van der Waals surface area contributed by atoms with Gasteiger partial charge in [0.25, 0.3) is 5.91 Å². The summed E-state index contributed by atoms with van der Waals surface area (Å²) in [6.45, 7) is 14.5. The van der Waals surface area contributed by atoms with Crippen LogP contribution in [0.2, 0.25) is 0 Å². The fourth-order valence-corrected chi connectivity index (χ4v) is 4.97. The van der Waals surface area contributed by atoms with Crippen LogP contribution in [0.5, 0.6) is 0 Å². The van der Waals surface area contributed by atoms with Crippen LogP contribution in [0, 0.1) is 6.92 Å². The molecule has 4 rings (SSSR count). The quantitative estimate of drug-likeness (QED) is 0.642. The van der Waals surface area contributed by atoms with Crippen molar-refractivity contribution < 1.29 is 14.3 Å². The monoisotopic (exact) mass is 510 g/mol. The number of rotatable bonds is 6. The van der Waals surface area contributed by atoms with Crippen molar-refractivity contribution in [2.24, 2.45) is 0 Å². The summed E-state index contributed by atoms with van der Waals surface area (Å²) in [5, 5.41) is 7.79. The fourth-order valence-electron chi connectivity index (χ4n) is 4.97. The van der Waals surface area contributed by atoms with Gasteiger partial charge in [0, 0.05) is 58.3 Å². The number of amides is 2. The summed E-state index contributed by atoms with van der Waals surface area (Å²) in [7, 11) is 2.14. The van der Waals surface area contributed by atoms with Crippen molar-refractivity contribution in [1.29, 1.82) is 0 Å². The van der Waals surface area contributed by atoms with Gasteiger partial charge in [-0.3, -0.25) is 9.69 Å². The summed E-state index contributed by atoms with van der Waals surface area (Å²) in [5.41, 5.74) is 3.13. The molecule has 1 N–H and O–H groups in total. The molecule has 202 valence electrons. The van der Waals surface area contributed by atoms with Gasteiger partial charge < -0.3 is 19.9 Å². The molecule has 9 nitrogen and oxygen atoms in total. The molecule has 3 heterocycles. The van der Waals surface area contributed by atoms with E-state index >= 15 is 0 Å². The van der Waals surface area contributed by atoms with E-state index in [1.807, 2.05) is 37.6 Å². The Hall–Kier alpha value is -2.91. The Bertz CT molecular complexity index is 1060. The van der Waals surface area contributed by atoms with Crippen molar-refractivity contribution in [3.63, 3.8) is 0 Å². The fraction of sp³-hybridized carbons (Fsp3) is 0.607. The lowest BCUT2D eigenvalue weighted by atomic mass is 9.91. The van der Waals surface area contributed by atoms with Gasteiger partial charge in [0.15, 0.2) is 0 Å². The largest absolute Gasteiger partial charge is 0.444 e. The number of hydrogen-bond acceptors (Lipinski definition) is 6. The highest BCUT2D eigenvalue weighted by Gasteiger charge is 2.32. The SMILES string of the molecule is Cc1ccc(-n2ncc(C(=O)NCCN3CCN(C)CC3)c2C2CCN(C(=O)OC(C)(C)C)CC2)cc1. The summed E-state index contributed by atoms with van der Waals surface area (Å²) in [5.74, 6) is 0.0259. The Morgan fingerprint density at radius 1 is 1.03 bits per heavy atom. The molecule has 0 atom stereocenters. The molecule has 2 aliphatic rings. The Balaban J connectivity index is 1.47. The predicted octanol–water partition coefficient (Wildman–Crippen LogP) is 3.27. The summed E-state index contributed by atoms with van der Waals surface area (Å²) in [4.78, 5) is 32.4. The zero-order valence-corrected chi connectivity index (χ0v) is 23.0. The lowest BCUT2D eigenvalue weighted by Crippen LogP contribution is -2.47. The number of carbonyl (C=O) groups excluding carboxylic acids is 2. The first-order valence-corrected chi connectivity index (χ1v) is 13.4. The molecule has 9 heteroatoms. The molecule has 0 aliphatic carbocycles. The van der Waals surface area contributed by atoms with Gasteiger partial charge in [-0.2, -0.15) is 5.10 Å². The minimum atomic E-state index is -0.520. The van der Waals surface area contributed by atoms with Crippen molar-refractivity contribution in [2.75, 3.05) is 59.4 Å². The van der Waals surface area contributed by atoms with Gasteiger partial charge in [0.05, 0.1) is 23.1 Å². The van der Waals surface area contributed by atoms with Crippen LogP contribution in [-0.2, 0) is 4.74 Å². The molecular weight excluding hydrogens is 468 g/mol. The van der Waals surface area contributed by atoms with Crippen LogP contribution in [0.3, 0.4) is 0 Å². The Labute approximate surface area is 220 Å². The topological polar surface area (TPSA) is 82.9 Å². The second kappa shape index (κ2) is 11.6. The number of hydrogen-bond donors (Lipinski definition) is 1. The van der Waals surface area contributed by atoms with Crippen LogP contribution in [0.1, 0.15) is 61.1 Å². The van der Waals surface area contributed by atoms with Crippen LogP contribution in [0.15, 0.2) is 30.5 Å². The van der Waals surface area contributed by atoms with Gasteiger partial charge in [0.1, 0.15) is 5.60 Å². The molecule has 0 radical (unpaired) electrons. The third kappa shape index (κ3) is 7.11. The van der Waals surface area contributed by atoms with Gasteiger partial charge in [-0.05, 0) is 59.7 Å². The summed E-state index contributed by atoms with van der Waals surface area (Å²) < 4.78 is 7.47. The number of nitrogens with one attached hydrogen (secondary N) is 1. The molecule has 0 bridgehead atoms. The third-order valence-corrected chi connectivity index (χ3v) is 7.17. The molecule has 2 fully saturated rings. The Kier molecular flexibility index (Phi) is 8.54. The standard InChI is InChI=1S/C28H42N6O3/c1-21-6-8-23(9-7-21)34-25(22-10-13-33(14-11-22)27(36)37-28(2,3)4)24(20-30-34)26(35)29-12-15-32-18-16-31(5)17-19-32/h6-9,20,22H,10-19H2,1-5H3,(H,29,35). The molecular formula is C28H42N6O3. The van der Waals surface area contributed by atoms with Crippen LogP contribution < -0.4 is 5.32 Å². The van der Waals surface area contributed by atoms with Gasteiger partial charge in [-0.15, -0.1) is 0 Å². The smallest absolute Gasteiger partial charge is 0.410 e. The van der Waals surface area contributed by atoms with Crippen molar-refractivity contribution >= 4 is 12.0 Å². The maximum absolute atomic E-state index is 13.4. The first-order chi connectivity index (χ1) is 17.6. The van der Waals surface area contributed by atoms with Gasteiger partial charge in [0.2, 0.25) is 0 Å². The van der Waals surface area contributed by atoms with E-state index in [0.717, 1.165) is 56.9 Å². The number of aromatic nitrogens is 2. The first-order valence-electron chi connectivity index (χ1n) is 13.4. The van der Waals surface area contributed by atoms with Gasteiger partial charge >= 0.3 is 6.09 Å². The molecule has 0 spiro atoms. The molecule has 2 saturated heterocycles. The predicted molar refractivity (Wildman–Crippen MR) is 144 cm³/mol. The number of piperidine rings is 1. The van der Waals surface area contributed by atoms with Gasteiger partial charge in [-0.25, -0.2) is 9.48 Å². The zero-order chi connectivity index (χ0) is 26.6. The molecule has 2 amide bonds. The van der Waals surface area contributed by atoms with E-state index in [9.17, 15) is 9.59 Å². The van der Waals surface area contributed by atoms with E-state index in [4.69, 9.17) is 4.74 Å². The summed E-state index contributed by atoms with van der Waals surface area (Å²) >= 11 is 0. The number of benzene rings is 1. The van der Waals surface area contributed by atoms with E-state index in [0.29, 0.717) is 25.2 Å². The highest BCUT2D eigenvalue weighted by molar-refractivity contribution is 5.95. The molecule has 1 aromatic heterocycles. The van der Waals surface area contributed by atoms with E-state index in [1.165, 1.54) is 5.56 Å². The number of likely N-dealkylation sites (tertiary alicyclic amines) is 1. The Morgan fingerprint density at radius 2 is 1.68 bits per heavy atom. The number of aryl methyl sites for hydroxylation is 1. The van der Waals surface area contributed by atoms with E-state index in [1.54, 1.807) is 11.1 Å².